The number of halogens is 3. The molecule has 0 radical (unpaired) electrons. The molecule has 0 bridgehead atoms. The Kier molecular flexibility index (Phi) is 5.93. The van der Waals surface area contributed by atoms with Crippen LogP contribution in [0, 0.1) is 0 Å². The van der Waals surface area contributed by atoms with Crippen LogP contribution in [0.1, 0.15) is 20.8 Å². The van der Waals surface area contributed by atoms with Crippen molar-refractivity contribution in [2.45, 2.75) is 26.4 Å². The Hall–Kier alpha value is 0.171. The summed E-state index contributed by atoms with van der Waals surface area (Å²) in [6.45, 7) is -0.299. The quantitative estimate of drug-likeness (QED) is 0.599. The minimum absolute atomic E-state index is 0. The summed E-state index contributed by atoms with van der Waals surface area (Å²) < 4.78 is 42.2. The number of carbonyl (C=O) groups excluding carboxylic acids is 1. The standard InChI is InChI=1S/C8H11BF3N2O2.K/c1-8(2,3)16-7(15)14-5-6(4-13-14)9(10,11)12;/h4-5H,1-3H3;/q-1;+1. The van der Waals surface area contributed by atoms with Gasteiger partial charge in [-0.1, -0.05) is 5.46 Å². The van der Waals surface area contributed by atoms with Gasteiger partial charge in [0.05, 0.1) is 0 Å². The summed E-state index contributed by atoms with van der Waals surface area (Å²) in [5.74, 6) is 0. The molecule has 0 N–H and O–H groups in total. The number of aromatic nitrogens is 2. The van der Waals surface area contributed by atoms with Gasteiger partial charge < -0.3 is 17.7 Å². The second-order valence-electron chi connectivity index (χ2n) is 4.27. The molecule has 0 fully saturated rings. The zero-order valence-electron chi connectivity index (χ0n) is 10.1. The van der Waals surface area contributed by atoms with Gasteiger partial charge in [-0.3, -0.25) is 0 Å². The maximum Gasteiger partial charge on any atom is 1.00 e. The van der Waals surface area contributed by atoms with Crippen molar-refractivity contribution < 1.29 is 73.9 Å². The molecule has 0 saturated heterocycles. The van der Waals surface area contributed by atoms with E-state index in [1.165, 1.54) is 0 Å². The molecule has 0 aliphatic carbocycles. The van der Waals surface area contributed by atoms with E-state index in [1.54, 1.807) is 20.8 Å². The fraction of sp³-hybridized carbons (Fsp3) is 0.500. The molecule has 1 heterocycles. The van der Waals surface area contributed by atoms with Gasteiger partial charge in [0, 0.05) is 12.4 Å². The fourth-order valence-corrected chi connectivity index (χ4v) is 0.914. The van der Waals surface area contributed by atoms with E-state index < -0.39 is 24.1 Å². The molecule has 0 atom stereocenters. The normalized spacial score (nSPS) is 11.9. The van der Waals surface area contributed by atoms with E-state index in [0.717, 1.165) is 0 Å². The van der Waals surface area contributed by atoms with Gasteiger partial charge >= 0.3 is 64.5 Å². The van der Waals surface area contributed by atoms with Gasteiger partial charge in [-0.2, -0.15) is 9.78 Å². The van der Waals surface area contributed by atoms with E-state index in [-0.39, 0.29) is 51.4 Å². The Morgan fingerprint density at radius 1 is 1.41 bits per heavy atom. The summed E-state index contributed by atoms with van der Waals surface area (Å²) in [6.07, 6.45) is 0.289. The van der Waals surface area contributed by atoms with Crippen molar-refractivity contribution in [2.24, 2.45) is 0 Å². The zero-order chi connectivity index (χ0) is 12.6. The van der Waals surface area contributed by atoms with Gasteiger partial charge in [0.2, 0.25) is 0 Å². The third kappa shape index (κ3) is 5.56. The summed E-state index contributed by atoms with van der Waals surface area (Å²) in [5, 5.41) is 3.30. The summed E-state index contributed by atoms with van der Waals surface area (Å²) in [5.41, 5.74) is -1.70. The second-order valence-corrected chi connectivity index (χ2v) is 4.27. The number of carbonyl (C=O) groups is 1. The van der Waals surface area contributed by atoms with E-state index in [2.05, 4.69) is 5.10 Å². The van der Waals surface area contributed by atoms with Crippen molar-refractivity contribution in [1.82, 2.24) is 9.78 Å². The van der Waals surface area contributed by atoms with Crippen molar-refractivity contribution in [3.8, 4) is 0 Å². The van der Waals surface area contributed by atoms with Crippen molar-refractivity contribution in [3.05, 3.63) is 12.4 Å². The van der Waals surface area contributed by atoms with Gasteiger partial charge in [-0.05, 0) is 20.8 Å². The van der Waals surface area contributed by atoms with Crippen molar-refractivity contribution >= 4 is 18.5 Å². The van der Waals surface area contributed by atoms with Crippen molar-refractivity contribution in [2.75, 3.05) is 0 Å². The predicted octanol–water partition coefficient (Wildman–Crippen LogP) is -1.28. The average Bonchev–Trinajstić information content (AvgIpc) is 2.46. The monoisotopic (exact) mass is 274 g/mol. The maximum atomic E-state index is 12.3. The molecule has 0 spiro atoms. The molecule has 0 saturated carbocycles. The van der Waals surface area contributed by atoms with Crippen LogP contribution in [0.15, 0.2) is 12.4 Å². The minimum Gasteiger partial charge on any atom is -0.445 e. The second kappa shape index (κ2) is 5.87. The fourth-order valence-electron chi connectivity index (χ4n) is 0.914. The third-order valence-electron chi connectivity index (χ3n) is 1.56. The van der Waals surface area contributed by atoms with Crippen molar-refractivity contribution in [1.29, 1.82) is 0 Å². The Morgan fingerprint density at radius 2 is 1.94 bits per heavy atom. The van der Waals surface area contributed by atoms with E-state index in [9.17, 15) is 17.7 Å². The number of hydrogen-bond donors (Lipinski definition) is 0. The van der Waals surface area contributed by atoms with Crippen LogP contribution in [0.25, 0.3) is 0 Å². The van der Waals surface area contributed by atoms with Gasteiger partial charge in [0.1, 0.15) is 5.60 Å². The molecule has 0 amide bonds. The molecule has 17 heavy (non-hydrogen) atoms. The summed E-state index contributed by atoms with van der Waals surface area (Å²) in [4.78, 5) is 11.3. The van der Waals surface area contributed by atoms with Gasteiger partial charge in [-0.25, -0.2) is 4.79 Å². The maximum absolute atomic E-state index is 12.3. The molecule has 1 aromatic heterocycles. The Bertz CT molecular complexity index is 400. The molecule has 1 aromatic rings. The van der Waals surface area contributed by atoms with Gasteiger partial charge in [0.15, 0.2) is 0 Å². The Labute approximate surface area is 139 Å². The number of hydrogen-bond acceptors (Lipinski definition) is 3. The number of nitrogens with zero attached hydrogens (tertiary/aromatic N) is 2. The first-order valence-electron chi connectivity index (χ1n) is 4.57. The van der Waals surface area contributed by atoms with Crippen LogP contribution < -0.4 is 56.8 Å². The van der Waals surface area contributed by atoms with Crippen LogP contribution in [-0.2, 0) is 4.74 Å². The SMILES string of the molecule is CC(C)(C)OC(=O)n1cc([B-](F)(F)F)cn1.[K+]. The number of rotatable bonds is 1. The molecule has 9 heteroatoms. The molecule has 0 aromatic carbocycles. The predicted molar refractivity (Wildman–Crippen MR) is 52.6 cm³/mol. The van der Waals surface area contributed by atoms with Crippen LogP contribution in [0.5, 0.6) is 0 Å². The van der Waals surface area contributed by atoms with Crippen LogP contribution in [-0.4, -0.2) is 28.5 Å². The zero-order valence-corrected chi connectivity index (χ0v) is 13.2. The Morgan fingerprint density at radius 3 is 2.29 bits per heavy atom. The summed E-state index contributed by atoms with van der Waals surface area (Å²) in [7, 11) is 0. The molecule has 0 unspecified atom stereocenters. The number of ether oxygens (including phenoxy) is 1. The van der Waals surface area contributed by atoms with E-state index in [0.29, 0.717) is 17.1 Å². The third-order valence-corrected chi connectivity index (χ3v) is 1.56. The molecule has 1 rings (SSSR count). The first-order valence-corrected chi connectivity index (χ1v) is 4.57. The molecule has 0 aliphatic heterocycles. The Balaban J connectivity index is 0.00000256. The molecule has 0 aliphatic rings. The molecular weight excluding hydrogens is 263 g/mol. The van der Waals surface area contributed by atoms with E-state index >= 15 is 0 Å². The van der Waals surface area contributed by atoms with E-state index in [1.807, 2.05) is 0 Å². The molecule has 90 valence electrons. The van der Waals surface area contributed by atoms with Crippen LogP contribution >= 0.6 is 0 Å². The topological polar surface area (TPSA) is 44.1 Å². The smallest absolute Gasteiger partial charge is 0.445 e. The van der Waals surface area contributed by atoms with E-state index in [4.69, 9.17) is 4.74 Å². The average molecular weight is 274 g/mol. The van der Waals surface area contributed by atoms with Crippen LogP contribution in [0.3, 0.4) is 0 Å². The van der Waals surface area contributed by atoms with Gasteiger partial charge in [-0.15, -0.1) is 0 Å². The minimum atomic E-state index is -5.14. The van der Waals surface area contributed by atoms with Crippen LogP contribution in [0.2, 0.25) is 0 Å². The summed E-state index contributed by atoms with van der Waals surface area (Å²) in [6, 6.07) is 0. The van der Waals surface area contributed by atoms with Crippen LogP contribution in [0.4, 0.5) is 17.7 Å². The van der Waals surface area contributed by atoms with Crippen molar-refractivity contribution in [3.63, 3.8) is 0 Å². The first-order chi connectivity index (χ1) is 7.09. The largest absolute Gasteiger partial charge is 1.00 e. The molecular formula is C8H11BF3KN2O2. The van der Waals surface area contributed by atoms with Gasteiger partial charge in [0.25, 0.3) is 0 Å². The summed E-state index contributed by atoms with van der Waals surface area (Å²) >= 11 is 0. The first kappa shape index (κ1) is 17.2. The molecule has 4 nitrogen and oxygen atoms in total.